The smallest absolute Gasteiger partial charge is 0.170 e. The van der Waals surface area contributed by atoms with Crippen molar-refractivity contribution >= 4 is 11.3 Å². The van der Waals surface area contributed by atoms with Crippen LogP contribution in [0, 0.1) is 0 Å². The van der Waals surface area contributed by atoms with Crippen molar-refractivity contribution in [3.63, 3.8) is 0 Å². The Hall–Kier alpha value is -1.97. The molecule has 0 spiro atoms. The summed E-state index contributed by atoms with van der Waals surface area (Å²) in [6, 6.07) is 0. The topological polar surface area (TPSA) is 47.3 Å². The summed E-state index contributed by atoms with van der Waals surface area (Å²) in [4.78, 5) is 15.9. The van der Waals surface area contributed by atoms with Gasteiger partial charge in [0.05, 0.1) is 23.5 Å². The molecule has 2 aromatic heterocycles. The molecule has 82 valence electrons. The van der Waals surface area contributed by atoms with Crippen molar-refractivity contribution in [2.45, 2.75) is 19.8 Å². The molecule has 0 saturated carbocycles. The normalized spacial score (nSPS) is 10.6. The van der Waals surface area contributed by atoms with Gasteiger partial charge in [0.2, 0.25) is 0 Å². The molecule has 0 bridgehead atoms. The van der Waals surface area contributed by atoms with Crippen LogP contribution >= 0.6 is 0 Å². The van der Waals surface area contributed by atoms with Gasteiger partial charge >= 0.3 is 0 Å². The van der Waals surface area contributed by atoms with Crippen molar-refractivity contribution in [3.05, 3.63) is 42.5 Å². The van der Waals surface area contributed by atoms with Crippen molar-refractivity contribution in [2.24, 2.45) is 0 Å². The highest BCUT2D eigenvalue weighted by Crippen LogP contribution is 2.14. The van der Waals surface area contributed by atoms with Gasteiger partial charge in [-0.3, -0.25) is 9.78 Å². The Morgan fingerprint density at radius 1 is 1.50 bits per heavy atom. The summed E-state index contributed by atoms with van der Waals surface area (Å²) in [5, 5.41) is 4.10. The van der Waals surface area contributed by atoms with Crippen molar-refractivity contribution in [2.75, 3.05) is 0 Å². The average Bonchev–Trinajstić information content (AvgIpc) is 2.72. The summed E-state index contributed by atoms with van der Waals surface area (Å²) in [7, 11) is 0. The van der Waals surface area contributed by atoms with Gasteiger partial charge < -0.3 is 0 Å². The van der Waals surface area contributed by atoms with Crippen LogP contribution in [0.5, 0.6) is 0 Å². The third-order valence-electron chi connectivity index (χ3n) is 2.54. The van der Waals surface area contributed by atoms with Crippen LogP contribution in [0.2, 0.25) is 0 Å². The Labute approximate surface area is 93.6 Å². The second-order valence-electron chi connectivity index (χ2n) is 3.67. The highest BCUT2D eigenvalue weighted by atomic mass is 16.1. The van der Waals surface area contributed by atoms with Crippen LogP contribution in [0.4, 0.5) is 0 Å². The molecule has 4 heteroatoms. The molecule has 0 unspecified atom stereocenters. The molecule has 0 amide bonds. The Morgan fingerprint density at radius 2 is 2.31 bits per heavy atom. The zero-order valence-corrected chi connectivity index (χ0v) is 9.18. The standard InChI is InChI=1S/C12H13N3O/c1-3-9(2)6-12(16)10-7-14-15-5-4-13-8-11(10)15/h4-5,7-8H,2-3,6H2,1H3. The van der Waals surface area contributed by atoms with Crippen molar-refractivity contribution in [1.82, 2.24) is 14.6 Å². The number of hydrogen-bond donors (Lipinski definition) is 0. The summed E-state index contributed by atoms with van der Waals surface area (Å²) in [6.07, 6.45) is 7.80. The number of allylic oxidation sites excluding steroid dienone is 1. The summed E-state index contributed by atoms with van der Waals surface area (Å²) < 4.78 is 1.65. The Bertz CT molecular complexity index is 542. The van der Waals surface area contributed by atoms with Crippen LogP contribution in [-0.4, -0.2) is 20.4 Å². The van der Waals surface area contributed by atoms with Crippen LogP contribution < -0.4 is 0 Å². The van der Waals surface area contributed by atoms with Gasteiger partial charge in [0.1, 0.15) is 0 Å². The van der Waals surface area contributed by atoms with Crippen molar-refractivity contribution < 1.29 is 4.79 Å². The summed E-state index contributed by atoms with van der Waals surface area (Å²) >= 11 is 0. The second-order valence-corrected chi connectivity index (χ2v) is 3.67. The van der Waals surface area contributed by atoms with Gasteiger partial charge in [-0.1, -0.05) is 19.1 Å². The van der Waals surface area contributed by atoms with E-state index in [0.717, 1.165) is 17.5 Å². The molecular weight excluding hydrogens is 202 g/mol. The lowest BCUT2D eigenvalue weighted by Gasteiger charge is -2.00. The first-order chi connectivity index (χ1) is 7.72. The third kappa shape index (κ3) is 1.86. The Kier molecular flexibility index (Phi) is 2.81. The molecule has 0 aliphatic heterocycles. The van der Waals surface area contributed by atoms with Gasteiger partial charge in [0, 0.05) is 18.8 Å². The molecule has 0 aliphatic carbocycles. The van der Waals surface area contributed by atoms with E-state index in [1.165, 1.54) is 0 Å². The monoisotopic (exact) mass is 215 g/mol. The Morgan fingerprint density at radius 3 is 3.06 bits per heavy atom. The molecule has 2 heterocycles. The number of rotatable bonds is 4. The molecule has 0 N–H and O–H groups in total. The van der Waals surface area contributed by atoms with E-state index >= 15 is 0 Å². The minimum atomic E-state index is 0.0508. The predicted octanol–water partition coefficient (Wildman–Crippen LogP) is 2.27. The van der Waals surface area contributed by atoms with Crippen LogP contribution in [0.1, 0.15) is 30.1 Å². The summed E-state index contributed by atoms with van der Waals surface area (Å²) in [5.74, 6) is 0.0508. The third-order valence-corrected chi connectivity index (χ3v) is 2.54. The quantitative estimate of drug-likeness (QED) is 0.580. The highest BCUT2D eigenvalue weighted by Gasteiger charge is 2.12. The minimum Gasteiger partial charge on any atom is -0.294 e. The van der Waals surface area contributed by atoms with Crippen LogP contribution in [-0.2, 0) is 0 Å². The largest absolute Gasteiger partial charge is 0.294 e. The molecule has 0 saturated heterocycles. The first-order valence-electron chi connectivity index (χ1n) is 5.19. The molecule has 0 radical (unpaired) electrons. The highest BCUT2D eigenvalue weighted by molar-refractivity contribution is 6.03. The zero-order chi connectivity index (χ0) is 11.5. The van der Waals surface area contributed by atoms with Gasteiger partial charge in [0.15, 0.2) is 5.78 Å². The fourth-order valence-corrected chi connectivity index (χ4v) is 1.50. The molecule has 0 fully saturated rings. The molecular formula is C12H13N3O. The SMILES string of the molecule is C=C(CC)CC(=O)c1cnn2ccncc12. The minimum absolute atomic E-state index is 0.0508. The molecule has 4 nitrogen and oxygen atoms in total. The first-order valence-corrected chi connectivity index (χ1v) is 5.19. The lowest BCUT2D eigenvalue weighted by molar-refractivity contribution is 0.0994. The summed E-state index contributed by atoms with van der Waals surface area (Å²) in [5.41, 5.74) is 2.30. The average molecular weight is 215 g/mol. The van der Waals surface area contributed by atoms with Crippen molar-refractivity contribution in [3.8, 4) is 0 Å². The van der Waals surface area contributed by atoms with E-state index in [2.05, 4.69) is 16.7 Å². The van der Waals surface area contributed by atoms with Crippen LogP contribution in [0.25, 0.3) is 5.52 Å². The number of aromatic nitrogens is 3. The maximum absolute atomic E-state index is 11.9. The summed E-state index contributed by atoms with van der Waals surface area (Å²) in [6.45, 7) is 5.83. The van der Waals surface area contributed by atoms with E-state index in [9.17, 15) is 4.79 Å². The van der Waals surface area contributed by atoms with E-state index < -0.39 is 0 Å². The predicted molar refractivity (Wildman–Crippen MR) is 61.4 cm³/mol. The number of carbonyl (C=O) groups is 1. The van der Waals surface area contributed by atoms with E-state index in [0.29, 0.717) is 12.0 Å². The second kappa shape index (κ2) is 4.26. The van der Waals surface area contributed by atoms with Crippen molar-refractivity contribution in [1.29, 1.82) is 0 Å². The van der Waals surface area contributed by atoms with Gasteiger partial charge in [-0.15, -0.1) is 0 Å². The number of Topliss-reactive ketones (excluding diaryl/α,β-unsaturated/α-hetero) is 1. The number of fused-ring (bicyclic) bond motifs is 1. The van der Waals surface area contributed by atoms with Gasteiger partial charge in [0.25, 0.3) is 0 Å². The van der Waals surface area contributed by atoms with Gasteiger partial charge in [-0.05, 0) is 6.42 Å². The van der Waals surface area contributed by atoms with Crippen LogP contribution in [0.3, 0.4) is 0 Å². The zero-order valence-electron chi connectivity index (χ0n) is 9.18. The Balaban J connectivity index is 2.33. The molecule has 0 aliphatic rings. The lowest BCUT2D eigenvalue weighted by atomic mass is 10.0. The molecule has 0 aromatic carbocycles. The van der Waals surface area contributed by atoms with E-state index in [1.54, 1.807) is 29.3 Å². The number of carbonyl (C=O) groups excluding carboxylic acids is 1. The van der Waals surface area contributed by atoms with E-state index in [1.807, 2.05) is 6.92 Å². The fraction of sp³-hybridized carbons (Fsp3) is 0.250. The van der Waals surface area contributed by atoms with Gasteiger partial charge in [-0.2, -0.15) is 5.10 Å². The van der Waals surface area contributed by atoms with Crippen LogP contribution in [0.15, 0.2) is 36.9 Å². The number of nitrogens with zero attached hydrogens (tertiary/aromatic N) is 3. The van der Waals surface area contributed by atoms with E-state index in [4.69, 9.17) is 0 Å². The van der Waals surface area contributed by atoms with E-state index in [-0.39, 0.29) is 5.78 Å². The van der Waals surface area contributed by atoms with Gasteiger partial charge in [-0.25, -0.2) is 4.52 Å². The molecule has 16 heavy (non-hydrogen) atoms. The first kappa shape index (κ1) is 10.5. The number of hydrogen-bond acceptors (Lipinski definition) is 3. The molecule has 2 rings (SSSR count). The maximum Gasteiger partial charge on any atom is 0.170 e. The number of ketones is 1. The molecule has 2 aromatic rings. The fourth-order valence-electron chi connectivity index (χ4n) is 1.50. The maximum atomic E-state index is 11.9. The lowest BCUT2D eigenvalue weighted by Crippen LogP contribution is -2.00. The molecule has 0 atom stereocenters.